The monoisotopic (exact) mass is 931 g/mol. The van der Waals surface area contributed by atoms with Crippen LogP contribution in [-0.4, -0.2) is 28.7 Å². The van der Waals surface area contributed by atoms with Gasteiger partial charge < -0.3 is 13.7 Å². The Labute approximate surface area is 418 Å². The van der Waals surface area contributed by atoms with Crippen molar-refractivity contribution >= 4 is 33.1 Å². The fourth-order valence-corrected chi connectivity index (χ4v) is 10.9. The second-order valence-corrected chi connectivity index (χ2v) is 20.6. The molecular formula is C63H90N6. The van der Waals surface area contributed by atoms with Crippen LogP contribution in [0.1, 0.15) is 213 Å². The van der Waals surface area contributed by atoms with Crippen molar-refractivity contribution in [1.82, 2.24) is 28.7 Å². The lowest BCUT2D eigenvalue weighted by Gasteiger charge is -2.15. The van der Waals surface area contributed by atoms with Gasteiger partial charge in [-0.2, -0.15) is 0 Å². The van der Waals surface area contributed by atoms with E-state index in [0.29, 0.717) is 0 Å². The first kappa shape index (κ1) is 52.1. The molecule has 0 aliphatic heterocycles. The lowest BCUT2D eigenvalue weighted by atomic mass is 10.0. The molecule has 0 fully saturated rings. The molecular weight excluding hydrogens is 841 g/mol. The van der Waals surface area contributed by atoms with Crippen LogP contribution >= 0.6 is 0 Å². The van der Waals surface area contributed by atoms with E-state index in [9.17, 15) is 0 Å². The summed E-state index contributed by atoms with van der Waals surface area (Å²) in [6.07, 6.45) is 39.9. The number of fused-ring (bicyclic) bond motifs is 3. The summed E-state index contributed by atoms with van der Waals surface area (Å²) in [5.74, 6) is 3.14. The Bertz CT molecular complexity index is 2230. The Hall–Kier alpha value is -4.71. The third kappa shape index (κ3) is 15.4. The fourth-order valence-electron chi connectivity index (χ4n) is 10.9. The second kappa shape index (κ2) is 29.5. The van der Waals surface area contributed by atoms with Crippen LogP contribution < -0.4 is 0 Å². The van der Waals surface area contributed by atoms with Crippen molar-refractivity contribution in [3.05, 3.63) is 91.0 Å². The van der Waals surface area contributed by atoms with Gasteiger partial charge in [0.2, 0.25) is 0 Å². The number of unbranched alkanes of at least 4 members (excludes halogenated alkanes) is 27. The van der Waals surface area contributed by atoms with Crippen LogP contribution in [0.2, 0.25) is 0 Å². The average Bonchev–Trinajstić information content (AvgIpc) is 4.07. The summed E-state index contributed by atoms with van der Waals surface area (Å²) in [6.45, 7) is 9.79. The first-order chi connectivity index (χ1) is 34.2. The molecule has 372 valence electrons. The molecule has 0 aliphatic rings. The molecule has 0 unspecified atom stereocenters. The van der Waals surface area contributed by atoms with Crippen molar-refractivity contribution in [2.24, 2.45) is 0 Å². The first-order valence-corrected chi connectivity index (χ1v) is 28.7. The molecule has 0 N–H and O–H groups in total. The van der Waals surface area contributed by atoms with E-state index in [-0.39, 0.29) is 0 Å². The molecule has 6 heteroatoms. The van der Waals surface area contributed by atoms with E-state index in [2.05, 4.69) is 125 Å². The number of aryl methyl sites for hydroxylation is 3. The molecule has 0 amide bonds. The molecule has 0 bridgehead atoms. The van der Waals surface area contributed by atoms with Crippen molar-refractivity contribution in [3.8, 4) is 34.2 Å². The number of hydrogen-bond donors (Lipinski definition) is 0. The van der Waals surface area contributed by atoms with Crippen molar-refractivity contribution in [2.75, 3.05) is 0 Å². The van der Waals surface area contributed by atoms with Crippen LogP contribution in [-0.2, 0) is 19.6 Å². The van der Waals surface area contributed by atoms with Gasteiger partial charge in [-0.3, -0.25) is 0 Å². The third-order valence-corrected chi connectivity index (χ3v) is 14.9. The normalized spacial score (nSPS) is 11.9. The molecule has 3 heterocycles. The summed E-state index contributed by atoms with van der Waals surface area (Å²) in [6, 6.07) is 33.5. The maximum atomic E-state index is 5.47. The average molecular weight is 931 g/mol. The summed E-state index contributed by atoms with van der Waals surface area (Å²) in [5, 5.41) is 0. The highest BCUT2D eigenvalue weighted by Gasteiger charge is 2.21. The van der Waals surface area contributed by atoms with E-state index < -0.39 is 0 Å². The molecule has 0 radical (unpaired) electrons. The van der Waals surface area contributed by atoms with Crippen LogP contribution in [0.4, 0.5) is 0 Å². The van der Waals surface area contributed by atoms with Gasteiger partial charge in [-0.15, -0.1) is 0 Å². The molecule has 6 nitrogen and oxygen atoms in total. The van der Waals surface area contributed by atoms with Gasteiger partial charge in [0.25, 0.3) is 0 Å². The predicted molar refractivity (Wildman–Crippen MR) is 298 cm³/mol. The van der Waals surface area contributed by atoms with Crippen molar-refractivity contribution < 1.29 is 0 Å². The van der Waals surface area contributed by atoms with Crippen LogP contribution in [0.5, 0.6) is 0 Å². The van der Waals surface area contributed by atoms with Gasteiger partial charge in [-0.05, 0) is 73.9 Å². The van der Waals surface area contributed by atoms with Gasteiger partial charge in [0, 0.05) is 36.3 Å². The highest BCUT2D eigenvalue weighted by atomic mass is 15.1. The van der Waals surface area contributed by atoms with Crippen molar-refractivity contribution in [2.45, 2.75) is 233 Å². The summed E-state index contributed by atoms with van der Waals surface area (Å²) in [4.78, 5) is 16.4. The van der Waals surface area contributed by atoms with E-state index >= 15 is 0 Å². The van der Waals surface area contributed by atoms with Gasteiger partial charge in [-0.1, -0.05) is 231 Å². The number of imidazole rings is 3. The zero-order valence-corrected chi connectivity index (χ0v) is 43.7. The summed E-state index contributed by atoms with van der Waals surface area (Å²) >= 11 is 0. The maximum Gasteiger partial charge on any atom is 0.141 e. The molecule has 7 rings (SSSR count). The number of aromatic nitrogens is 6. The number of benzene rings is 4. The van der Waals surface area contributed by atoms with Gasteiger partial charge in [-0.25, -0.2) is 15.0 Å². The van der Waals surface area contributed by atoms with Crippen LogP contribution in [0.15, 0.2) is 91.0 Å². The Morgan fingerprint density at radius 3 is 0.739 bits per heavy atom. The third-order valence-electron chi connectivity index (χ3n) is 14.9. The number of rotatable bonds is 36. The minimum atomic E-state index is 0.959. The summed E-state index contributed by atoms with van der Waals surface area (Å²) in [7, 11) is 0. The molecule has 7 aromatic rings. The van der Waals surface area contributed by atoms with E-state index in [1.54, 1.807) is 0 Å². The largest absolute Gasteiger partial charge is 0.324 e. The van der Waals surface area contributed by atoms with Gasteiger partial charge in [0.05, 0.1) is 33.1 Å². The zero-order chi connectivity index (χ0) is 47.7. The maximum absolute atomic E-state index is 5.47. The molecule has 0 spiro atoms. The summed E-state index contributed by atoms with van der Waals surface area (Å²) < 4.78 is 7.55. The molecule has 0 saturated heterocycles. The number of nitrogens with zero attached hydrogens (tertiary/aromatic N) is 6. The number of para-hydroxylation sites is 6. The van der Waals surface area contributed by atoms with E-state index in [1.165, 1.54) is 190 Å². The van der Waals surface area contributed by atoms with Crippen molar-refractivity contribution in [3.63, 3.8) is 0 Å². The Morgan fingerprint density at radius 1 is 0.275 bits per heavy atom. The molecule has 0 saturated carbocycles. The minimum Gasteiger partial charge on any atom is -0.324 e. The standard InChI is InChI=1S/C63H90N6/c1-4-7-10-13-16-19-22-25-28-37-46-67-58-43-34-31-40-55(58)64-61(67)52-49-53(62-65-56-41-32-35-44-59(56)68(62)47-38-29-26-23-20-17-14-11-8-5-2)51-54(50-52)63-66-57-42-33-36-45-60(57)69(63)48-39-30-27-24-21-18-15-12-9-6-3/h31-36,40-45,49-51H,4-30,37-39,46-48H2,1-3H3. The molecule has 69 heavy (non-hydrogen) atoms. The molecule has 3 aromatic heterocycles. The number of hydrogen-bond acceptors (Lipinski definition) is 3. The Morgan fingerprint density at radius 2 is 0.493 bits per heavy atom. The minimum absolute atomic E-state index is 0.959. The highest BCUT2D eigenvalue weighted by molar-refractivity contribution is 5.87. The predicted octanol–water partition coefficient (Wildman–Crippen LogP) is 19.5. The van der Waals surface area contributed by atoms with E-state index in [0.717, 1.165) is 89.6 Å². The SMILES string of the molecule is CCCCCCCCCCCCn1c(-c2cc(-c3nc4ccccc4n3CCCCCCCCCCCC)cc(-c3nc4ccccc4n3CCCCCCCCCCCC)c2)nc2ccccc21. The van der Waals surface area contributed by atoms with Gasteiger partial charge >= 0.3 is 0 Å². The zero-order valence-electron chi connectivity index (χ0n) is 43.7. The topological polar surface area (TPSA) is 53.5 Å². The van der Waals surface area contributed by atoms with Crippen LogP contribution in [0.25, 0.3) is 67.3 Å². The smallest absolute Gasteiger partial charge is 0.141 e. The molecule has 0 atom stereocenters. The van der Waals surface area contributed by atoms with Gasteiger partial charge in [0.15, 0.2) is 0 Å². The fraction of sp³-hybridized carbons (Fsp3) is 0.571. The van der Waals surface area contributed by atoms with Crippen LogP contribution in [0, 0.1) is 0 Å². The quantitative estimate of drug-likeness (QED) is 0.0368. The second-order valence-electron chi connectivity index (χ2n) is 20.6. The van der Waals surface area contributed by atoms with E-state index in [1.807, 2.05) is 0 Å². The first-order valence-electron chi connectivity index (χ1n) is 28.7. The molecule has 0 aliphatic carbocycles. The summed E-state index contributed by atoms with van der Waals surface area (Å²) in [5.41, 5.74) is 10.3. The molecule has 4 aromatic carbocycles. The van der Waals surface area contributed by atoms with Crippen molar-refractivity contribution in [1.29, 1.82) is 0 Å². The Balaban J connectivity index is 1.19. The van der Waals surface area contributed by atoms with Gasteiger partial charge in [0.1, 0.15) is 17.5 Å². The Kier molecular flexibility index (Phi) is 22.3. The lowest BCUT2D eigenvalue weighted by molar-refractivity contribution is 0.538. The highest BCUT2D eigenvalue weighted by Crippen LogP contribution is 2.37. The van der Waals surface area contributed by atoms with Crippen LogP contribution in [0.3, 0.4) is 0 Å². The van der Waals surface area contributed by atoms with E-state index in [4.69, 9.17) is 15.0 Å². The lowest BCUT2D eigenvalue weighted by Crippen LogP contribution is -2.05.